The van der Waals surface area contributed by atoms with E-state index in [-0.39, 0.29) is 0 Å². The van der Waals surface area contributed by atoms with Crippen LogP contribution in [0.3, 0.4) is 0 Å². The zero-order valence-corrected chi connectivity index (χ0v) is 13.0. The minimum absolute atomic E-state index is 0.776. The lowest BCUT2D eigenvalue weighted by atomic mass is 10.1. The molecule has 0 aliphatic rings. The van der Waals surface area contributed by atoms with Crippen molar-refractivity contribution in [3.63, 3.8) is 0 Å². The average molecular weight is 299 g/mol. The van der Waals surface area contributed by atoms with Crippen LogP contribution < -0.4 is 0 Å². The summed E-state index contributed by atoms with van der Waals surface area (Å²) >= 11 is 6.29. The number of fused-ring (bicyclic) bond motifs is 1. The molecule has 0 spiro atoms. The fourth-order valence-electron chi connectivity index (χ4n) is 2.64. The Bertz CT molecular complexity index is 746. The molecule has 2 aromatic carbocycles. The van der Waals surface area contributed by atoms with Crippen molar-refractivity contribution in [2.75, 3.05) is 0 Å². The maximum atomic E-state index is 6.29. The van der Waals surface area contributed by atoms with Gasteiger partial charge in [0.05, 0.1) is 11.0 Å². The Morgan fingerprint density at radius 3 is 2.62 bits per heavy atom. The third-order valence-corrected chi connectivity index (χ3v) is 4.14. The van der Waals surface area contributed by atoms with Crippen molar-refractivity contribution in [2.45, 2.75) is 32.7 Å². The van der Waals surface area contributed by atoms with Gasteiger partial charge in [0, 0.05) is 18.0 Å². The van der Waals surface area contributed by atoms with Crippen LogP contribution in [0.2, 0.25) is 5.02 Å². The second-order valence-corrected chi connectivity index (χ2v) is 5.70. The van der Waals surface area contributed by atoms with Crippen molar-refractivity contribution in [3.8, 4) is 0 Å². The van der Waals surface area contributed by atoms with Crippen molar-refractivity contribution in [2.24, 2.45) is 0 Å². The van der Waals surface area contributed by atoms with Gasteiger partial charge < -0.3 is 4.57 Å². The van der Waals surface area contributed by atoms with Gasteiger partial charge in [-0.2, -0.15) is 0 Å². The summed E-state index contributed by atoms with van der Waals surface area (Å²) in [5.41, 5.74) is 3.41. The summed E-state index contributed by atoms with van der Waals surface area (Å²) in [5.74, 6) is 1.10. The molecule has 1 aromatic heterocycles. The van der Waals surface area contributed by atoms with Crippen molar-refractivity contribution in [1.29, 1.82) is 0 Å². The second kappa shape index (κ2) is 6.31. The standard InChI is InChI=1S/C18H19ClN2/c1-2-3-12-21-17-11-7-6-10-16(17)20-18(21)13-14-8-4-5-9-15(14)19/h4-11H,2-3,12-13H2,1H3. The molecule has 1 heterocycles. The second-order valence-electron chi connectivity index (χ2n) is 5.29. The normalized spacial score (nSPS) is 11.1. The van der Waals surface area contributed by atoms with Gasteiger partial charge in [0.25, 0.3) is 0 Å². The zero-order chi connectivity index (χ0) is 14.7. The van der Waals surface area contributed by atoms with E-state index in [1.54, 1.807) is 0 Å². The molecular weight excluding hydrogens is 280 g/mol. The van der Waals surface area contributed by atoms with E-state index < -0.39 is 0 Å². The third-order valence-electron chi connectivity index (χ3n) is 3.78. The molecule has 0 bridgehead atoms. The van der Waals surface area contributed by atoms with E-state index in [4.69, 9.17) is 16.6 Å². The van der Waals surface area contributed by atoms with Gasteiger partial charge >= 0.3 is 0 Å². The van der Waals surface area contributed by atoms with Crippen LogP contribution in [0, 0.1) is 0 Å². The smallest absolute Gasteiger partial charge is 0.114 e. The summed E-state index contributed by atoms with van der Waals surface area (Å²) in [5, 5.41) is 0.812. The monoisotopic (exact) mass is 298 g/mol. The maximum absolute atomic E-state index is 6.29. The molecule has 0 atom stereocenters. The summed E-state index contributed by atoms with van der Waals surface area (Å²) in [6.07, 6.45) is 3.12. The molecule has 0 aliphatic heterocycles. The lowest BCUT2D eigenvalue weighted by molar-refractivity contribution is 0.623. The highest BCUT2D eigenvalue weighted by Crippen LogP contribution is 2.22. The zero-order valence-electron chi connectivity index (χ0n) is 12.2. The van der Waals surface area contributed by atoms with Crippen LogP contribution in [-0.4, -0.2) is 9.55 Å². The number of rotatable bonds is 5. The van der Waals surface area contributed by atoms with Gasteiger partial charge in [-0.1, -0.05) is 55.3 Å². The Balaban J connectivity index is 2.02. The highest BCUT2D eigenvalue weighted by Gasteiger charge is 2.11. The van der Waals surface area contributed by atoms with Gasteiger partial charge in [-0.15, -0.1) is 0 Å². The molecule has 0 radical (unpaired) electrons. The van der Waals surface area contributed by atoms with Crippen LogP contribution in [-0.2, 0) is 13.0 Å². The molecule has 3 heteroatoms. The topological polar surface area (TPSA) is 17.8 Å². The van der Waals surface area contributed by atoms with Gasteiger partial charge in [-0.3, -0.25) is 0 Å². The average Bonchev–Trinajstić information content (AvgIpc) is 2.85. The van der Waals surface area contributed by atoms with Crippen molar-refractivity contribution >= 4 is 22.6 Å². The molecule has 0 N–H and O–H groups in total. The predicted octanol–water partition coefficient (Wildman–Crippen LogP) is 5.08. The van der Waals surface area contributed by atoms with Crippen molar-refractivity contribution < 1.29 is 0 Å². The minimum Gasteiger partial charge on any atom is -0.328 e. The quantitative estimate of drug-likeness (QED) is 0.642. The van der Waals surface area contributed by atoms with Crippen LogP contribution in [0.4, 0.5) is 0 Å². The molecular formula is C18H19ClN2. The number of aromatic nitrogens is 2. The van der Waals surface area contributed by atoms with Crippen LogP contribution in [0.1, 0.15) is 31.2 Å². The van der Waals surface area contributed by atoms with E-state index in [1.807, 2.05) is 24.3 Å². The number of hydrogen-bond acceptors (Lipinski definition) is 1. The number of halogens is 1. The highest BCUT2D eigenvalue weighted by atomic mass is 35.5. The maximum Gasteiger partial charge on any atom is 0.114 e. The van der Waals surface area contributed by atoms with Crippen LogP contribution >= 0.6 is 11.6 Å². The van der Waals surface area contributed by atoms with Crippen molar-refractivity contribution in [1.82, 2.24) is 9.55 Å². The molecule has 0 saturated carbocycles. The minimum atomic E-state index is 0.776. The summed E-state index contributed by atoms with van der Waals surface area (Å²) in [6.45, 7) is 3.23. The first kappa shape index (κ1) is 14.2. The Kier molecular flexibility index (Phi) is 4.26. The predicted molar refractivity (Wildman–Crippen MR) is 88.9 cm³/mol. The first-order chi connectivity index (χ1) is 10.3. The fourth-order valence-corrected chi connectivity index (χ4v) is 2.84. The van der Waals surface area contributed by atoms with Crippen molar-refractivity contribution in [3.05, 3.63) is 64.9 Å². The Morgan fingerprint density at radius 1 is 1.05 bits per heavy atom. The van der Waals surface area contributed by atoms with Gasteiger partial charge in [0.15, 0.2) is 0 Å². The number of benzene rings is 2. The van der Waals surface area contributed by atoms with E-state index in [9.17, 15) is 0 Å². The Morgan fingerprint density at radius 2 is 1.81 bits per heavy atom. The van der Waals surface area contributed by atoms with Gasteiger partial charge in [0.2, 0.25) is 0 Å². The number of aryl methyl sites for hydroxylation is 1. The van der Waals surface area contributed by atoms with E-state index in [1.165, 1.54) is 11.9 Å². The van der Waals surface area contributed by atoms with Crippen LogP contribution in [0.25, 0.3) is 11.0 Å². The fraction of sp³-hybridized carbons (Fsp3) is 0.278. The highest BCUT2D eigenvalue weighted by molar-refractivity contribution is 6.31. The van der Waals surface area contributed by atoms with Gasteiger partial charge in [0.1, 0.15) is 5.82 Å². The SMILES string of the molecule is CCCCn1c(Cc2ccccc2Cl)nc2ccccc21. The first-order valence-electron chi connectivity index (χ1n) is 7.47. The summed E-state index contributed by atoms with van der Waals surface area (Å²) in [7, 11) is 0. The molecule has 0 aliphatic carbocycles. The summed E-state index contributed by atoms with van der Waals surface area (Å²) in [4.78, 5) is 4.81. The number of para-hydroxylation sites is 2. The third kappa shape index (κ3) is 2.96. The molecule has 3 aromatic rings. The van der Waals surface area contributed by atoms with Gasteiger partial charge in [-0.05, 0) is 30.2 Å². The molecule has 3 rings (SSSR count). The molecule has 108 valence electrons. The molecule has 21 heavy (non-hydrogen) atoms. The molecule has 0 saturated heterocycles. The van der Waals surface area contributed by atoms with Gasteiger partial charge in [-0.25, -0.2) is 4.98 Å². The van der Waals surface area contributed by atoms with Crippen LogP contribution in [0.15, 0.2) is 48.5 Å². The van der Waals surface area contributed by atoms with E-state index in [0.29, 0.717) is 0 Å². The summed E-state index contributed by atoms with van der Waals surface area (Å²) in [6, 6.07) is 16.3. The summed E-state index contributed by atoms with van der Waals surface area (Å²) < 4.78 is 2.34. The van der Waals surface area contributed by atoms with E-state index >= 15 is 0 Å². The lowest BCUT2D eigenvalue weighted by Gasteiger charge is -2.09. The largest absolute Gasteiger partial charge is 0.328 e. The Hall–Kier alpha value is -1.80. The number of hydrogen-bond donors (Lipinski definition) is 0. The Labute approximate surface area is 130 Å². The van der Waals surface area contributed by atoms with E-state index in [2.05, 4.69) is 35.8 Å². The number of nitrogens with zero attached hydrogens (tertiary/aromatic N) is 2. The van der Waals surface area contributed by atoms with E-state index in [0.717, 1.165) is 41.3 Å². The molecule has 2 nitrogen and oxygen atoms in total. The molecule has 0 unspecified atom stereocenters. The van der Waals surface area contributed by atoms with Crippen LogP contribution in [0.5, 0.6) is 0 Å². The number of unbranched alkanes of at least 4 members (excludes halogenated alkanes) is 1. The first-order valence-corrected chi connectivity index (χ1v) is 7.85. The number of imidazole rings is 1. The lowest BCUT2D eigenvalue weighted by Crippen LogP contribution is -2.05. The molecule has 0 fully saturated rings. The molecule has 0 amide bonds.